The molecule has 0 spiro atoms. The molecule has 0 bridgehead atoms. The molecule has 1 atom stereocenters. The van der Waals surface area contributed by atoms with Crippen LogP contribution in [0.4, 0.5) is 0 Å². The van der Waals surface area contributed by atoms with E-state index in [0.717, 1.165) is 25.1 Å². The molecule has 0 aliphatic carbocycles. The second kappa shape index (κ2) is 11.8. The van der Waals surface area contributed by atoms with Crippen molar-refractivity contribution in [2.24, 2.45) is 5.73 Å². The van der Waals surface area contributed by atoms with E-state index in [-0.39, 0.29) is 12.3 Å². The van der Waals surface area contributed by atoms with E-state index in [9.17, 15) is 4.79 Å². The first kappa shape index (κ1) is 17.8. The van der Waals surface area contributed by atoms with Gasteiger partial charge in [0.1, 0.15) is 6.29 Å². The maximum atomic E-state index is 10.2. The van der Waals surface area contributed by atoms with Gasteiger partial charge in [-0.2, -0.15) is 0 Å². The summed E-state index contributed by atoms with van der Waals surface area (Å²) >= 11 is 0. The van der Waals surface area contributed by atoms with Crippen LogP contribution in [0.1, 0.15) is 26.3 Å². The van der Waals surface area contributed by atoms with E-state index in [1.54, 1.807) is 0 Å². The number of hydrogen-bond acceptors (Lipinski definition) is 4. The summed E-state index contributed by atoms with van der Waals surface area (Å²) in [7, 11) is 0. The zero-order valence-corrected chi connectivity index (χ0v) is 12.0. The molecule has 4 nitrogen and oxygen atoms in total. The molecule has 1 aromatic carbocycles. The van der Waals surface area contributed by atoms with Crippen molar-refractivity contribution in [2.45, 2.75) is 39.5 Å². The second-order valence-corrected chi connectivity index (χ2v) is 3.97. The Morgan fingerprint density at radius 2 is 1.68 bits per heavy atom. The molecule has 1 unspecified atom stereocenters. The summed E-state index contributed by atoms with van der Waals surface area (Å²) in [6, 6.07) is 9.37. The molecule has 0 fully saturated rings. The summed E-state index contributed by atoms with van der Waals surface area (Å²) in [6.45, 7) is 7.25. The zero-order chi connectivity index (χ0) is 14.5. The number of carbonyl (C=O) groups is 1. The quantitative estimate of drug-likeness (QED) is 0.607. The third-order valence-corrected chi connectivity index (χ3v) is 2.29. The van der Waals surface area contributed by atoms with Crippen LogP contribution in [0.25, 0.3) is 0 Å². The standard InChI is InChI=1S/C9H11NO.C6H14O2/c10-9(7-11)6-8-4-2-1-3-5-8;1-4-7-6(3)8-5-2/h1-5,7,9H,6,10H2;6H,4-5H2,1-3H3. The maximum Gasteiger partial charge on any atom is 0.154 e. The molecule has 0 radical (unpaired) electrons. The van der Waals surface area contributed by atoms with E-state index in [4.69, 9.17) is 15.2 Å². The lowest BCUT2D eigenvalue weighted by atomic mass is 10.1. The van der Waals surface area contributed by atoms with Gasteiger partial charge in [0.15, 0.2) is 6.29 Å². The molecule has 1 aromatic rings. The van der Waals surface area contributed by atoms with Gasteiger partial charge in [-0.15, -0.1) is 0 Å². The largest absolute Gasteiger partial charge is 0.353 e. The Kier molecular flexibility index (Phi) is 11.1. The first-order valence-corrected chi connectivity index (χ1v) is 6.62. The smallest absolute Gasteiger partial charge is 0.154 e. The molecule has 0 aliphatic rings. The molecular formula is C15H25NO3. The highest BCUT2D eigenvalue weighted by Crippen LogP contribution is 1.99. The summed E-state index contributed by atoms with van der Waals surface area (Å²) < 4.78 is 10.1. The average molecular weight is 267 g/mol. The molecule has 2 N–H and O–H groups in total. The lowest BCUT2D eigenvalue weighted by molar-refractivity contribution is -0.123. The minimum atomic E-state index is -0.364. The van der Waals surface area contributed by atoms with Crippen molar-refractivity contribution >= 4 is 6.29 Å². The van der Waals surface area contributed by atoms with E-state index in [0.29, 0.717) is 6.42 Å². The van der Waals surface area contributed by atoms with E-state index in [1.165, 1.54) is 0 Å². The Morgan fingerprint density at radius 3 is 2.11 bits per heavy atom. The van der Waals surface area contributed by atoms with Gasteiger partial charge in [0, 0.05) is 13.2 Å². The Labute approximate surface area is 115 Å². The van der Waals surface area contributed by atoms with Gasteiger partial charge in [0.05, 0.1) is 6.04 Å². The first-order valence-electron chi connectivity index (χ1n) is 6.62. The minimum Gasteiger partial charge on any atom is -0.353 e. The van der Waals surface area contributed by atoms with Gasteiger partial charge in [-0.1, -0.05) is 30.3 Å². The Hall–Kier alpha value is -1.23. The second-order valence-electron chi connectivity index (χ2n) is 3.97. The van der Waals surface area contributed by atoms with Crippen LogP contribution in [0, 0.1) is 0 Å². The number of nitrogens with two attached hydrogens (primary N) is 1. The fourth-order valence-corrected chi connectivity index (χ4v) is 1.45. The maximum absolute atomic E-state index is 10.2. The molecule has 0 amide bonds. The highest BCUT2D eigenvalue weighted by atomic mass is 16.7. The summed E-state index contributed by atoms with van der Waals surface area (Å²) in [5.74, 6) is 0. The fraction of sp³-hybridized carbons (Fsp3) is 0.533. The van der Waals surface area contributed by atoms with E-state index < -0.39 is 0 Å². The monoisotopic (exact) mass is 267 g/mol. The normalized spacial score (nSPS) is 11.6. The van der Waals surface area contributed by atoms with E-state index in [2.05, 4.69) is 0 Å². The van der Waals surface area contributed by atoms with Crippen molar-refractivity contribution in [3.8, 4) is 0 Å². The summed E-state index contributed by atoms with van der Waals surface area (Å²) in [4.78, 5) is 10.2. The highest BCUT2D eigenvalue weighted by molar-refractivity contribution is 5.57. The molecule has 0 aliphatic heterocycles. The molecule has 1 rings (SSSR count). The van der Waals surface area contributed by atoms with Crippen LogP contribution >= 0.6 is 0 Å². The zero-order valence-electron chi connectivity index (χ0n) is 12.0. The van der Waals surface area contributed by atoms with E-state index in [1.807, 2.05) is 51.1 Å². The Bertz CT molecular complexity index is 310. The summed E-state index contributed by atoms with van der Waals surface area (Å²) in [5, 5.41) is 0. The van der Waals surface area contributed by atoms with Crippen molar-refractivity contribution in [2.75, 3.05) is 13.2 Å². The van der Waals surface area contributed by atoms with Crippen molar-refractivity contribution in [3.05, 3.63) is 35.9 Å². The average Bonchev–Trinajstić information content (AvgIpc) is 2.41. The van der Waals surface area contributed by atoms with Gasteiger partial charge >= 0.3 is 0 Å². The predicted octanol–water partition coefficient (Wildman–Crippen LogP) is 2.16. The predicted molar refractivity (Wildman–Crippen MR) is 76.9 cm³/mol. The fourth-order valence-electron chi connectivity index (χ4n) is 1.45. The number of carbonyl (C=O) groups excluding carboxylic acids is 1. The van der Waals surface area contributed by atoms with Crippen LogP contribution in [0.3, 0.4) is 0 Å². The van der Waals surface area contributed by atoms with Gasteiger partial charge in [0.25, 0.3) is 0 Å². The van der Waals surface area contributed by atoms with Gasteiger partial charge < -0.3 is 20.0 Å². The number of benzene rings is 1. The molecule has 0 saturated carbocycles. The van der Waals surface area contributed by atoms with E-state index >= 15 is 0 Å². The van der Waals surface area contributed by atoms with Gasteiger partial charge in [-0.05, 0) is 32.8 Å². The van der Waals surface area contributed by atoms with Gasteiger partial charge in [-0.3, -0.25) is 0 Å². The number of ether oxygens (including phenoxy) is 2. The molecule has 0 saturated heterocycles. The summed E-state index contributed by atoms with van der Waals surface area (Å²) in [6.07, 6.45) is 1.36. The number of rotatable bonds is 7. The number of aldehydes is 1. The lowest BCUT2D eigenvalue weighted by Gasteiger charge is -2.09. The van der Waals surface area contributed by atoms with Gasteiger partial charge in [-0.25, -0.2) is 0 Å². The molecular weight excluding hydrogens is 242 g/mol. The van der Waals surface area contributed by atoms with Gasteiger partial charge in [0.2, 0.25) is 0 Å². The topological polar surface area (TPSA) is 61.6 Å². The van der Waals surface area contributed by atoms with Crippen LogP contribution in [-0.2, 0) is 20.7 Å². The Morgan fingerprint density at radius 1 is 1.16 bits per heavy atom. The lowest BCUT2D eigenvalue weighted by Crippen LogP contribution is -2.23. The highest BCUT2D eigenvalue weighted by Gasteiger charge is 1.99. The van der Waals surface area contributed by atoms with Crippen molar-refractivity contribution in [3.63, 3.8) is 0 Å². The minimum absolute atomic E-state index is 0.0370. The van der Waals surface area contributed by atoms with Crippen LogP contribution in [0.15, 0.2) is 30.3 Å². The summed E-state index contributed by atoms with van der Waals surface area (Å²) in [5.41, 5.74) is 6.54. The molecule has 19 heavy (non-hydrogen) atoms. The third-order valence-electron chi connectivity index (χ3n) is 2.29. The molecule has 108 valence electrons. The van der Waals surface area contributed by atoms with Crippen LogP contribution in [-0.4, -0.2) is 31.8 Å². The van der Waals surface area contributed by atoms with Crippen molar-refractivity contribution in [1.29, 1.82) is 0 Å². The third kappa shape index (κ3) is 10.4. The number of hydrogen-bond donors (Lipinski definition) is 1. The molecule has 0 heterocycles. The Balaban J connectivity index is 0.000000362. The molecule has 0 aromatic heterocycles. The van der Waals surface area contributed by atoms with Crippen LogP contribution in [0.2, 0.25) is 0 Å². The first-order chi connectivity index (χ1) is 9.13. The van der Waals surface area contributed by atoms with Crippen LogP contribution in [0.5, 0.6) is 0 Å². The molecule has 4 heteroatoms. The van der Waals surface area contributed by atoms with Crippen molar-refractivity contribution in [1.82, 2.24) is 0 Å². The van der Waals surface area contributed by atoms with Crippen LogP contribution < -0.4 is 5.73 Å². The van der Waals surface area contributed by atoms with Crippen molar-refractivity contribution < 1.29 is 14.3 Å². The SMILES string of the molecule is CCOC(C)OCC.NC(C=O)Cc1ccccc1.